The number of allylic oxidation sites excluding steroid dienone is 2. The highest BCUT2D eigenvalue weighted by atomic mass is 28.4. The highest BCUT2D eigenvalue weighted by molar-refractivity contribution is 6.99. The summed E-state index contributed by atoms with van der Waals surface area (Å²) in [5.41, 5.74) is -0.573. The standard InChI is InChI=1S/C50H75NO9Si2/c1-36(34-58-62(49(5,6)7,39-25-19-16-20-26-39)40-27-21-17-22-28-40)43(56-12)32-45-50(8,9)44(52)33-46-51-41(35-57-46)42(55-11)29-23-15-18-24-37(54-10)30-38(31-47(53)59-45)60-61(13,14)48(2,3)4/h15-28,35-38,42-43,45H,29-34H2,1-14H3/b23-15+,24-18+/t36-,37-,38-,42-,43-,45-/m0/s1. The number of esters is 1. The Balaban J connectivity index is 1.73. The van der Waals surface area contributed by atoms with Crippen LogP contribution in [0, 0.1) is 11.3 Å². The Morgan fingerprint density at radius 2 is 1.48 bits per heavy atom. The van der Waals surface area contributed by atoms with Crippen molar-refractivity contribution < 1.29 is 41.8 Å². The molecular weight excluding hydrogens is 815 g/mol. The first-order valence-electron chi connectivity index (χ1n) is 22.1. The Morgan fingerprint density at radius 1 is 0.871 bits per heavy atom. The fourth-order valence-electron chi connectivity index (χ4n) is 7.96. The minimum absolute atomic E-state index is 0.0143. The van der Waals surface area contributed by atoms with Gasteiger partial charge in [-0.3, -0.25) is 9.59 Å². The molecule has 2 aromatic carbocycles. The predicted molar refractivity (Wildman–Crippen MR) is 252 cm³/mol. The summed E-state index contributed by atoms with van der Waals surface area (Å²) in [5, 5.41) is 2.05. The van der Waals surface area contributed by atoms with E-state index in [9.17, 15) is 9.59 Å². The number of methoxy groups -OCH3 is 3. The van der Waals surface area contributed by atoms with Crippen LogP contribution in [0.1, 0.15) is 106 Å². The first-order valence-corrected chi connectivity index (χ1v) is 26.9. The van der Waals surface area contributed by atoms with Gasteiger partial charge in [0.25, 0.3) is 8.32 Å². The van der Waals surface area contributed by atoms with Crippen molar-refractivity contribution in [3.8, 4) is 0 Å². The lowest BCUT2D eigenvalue weighted by Crippen LogP contribution is -2.67. The molecule has 0 spiro atoms. The molecule has 6 atom stereocenters. The fraction of sp³-hybridized carbons (Fsp3) is 0.580. The van der Waals surface area contributed by atoms with Crippen molar-refractivity contribution in [1.29, 1.82) is 0 Å². The summed E-state index contributed by atoms with van der Waals surface area (Å²) in [6, 6.07) is 21.1. The van der Waals surface area contributed by atoms with Gasteiger partial charge in [-0.25, -0.2) is 4.98 Å². The monoisotopic (exact) mass is 889 g/mol. The molecule has 0 saturated heterocycles. The van der Waals surface area contributed by atoms with Crippen molar-refractivity contribution in [2.24, 2.45) is 11.3 Å². The number of oxazole rings is 1. The van der Waals surface area contributed by atoms with Crippen LogP contribution in [0.5, 0.6) is 0 Å². The molecule has 0 amide bonds. The van der Waals surface area contributed by atoms with Crippen molar-refractivity contribution in [3.05, 3.63) is 103 Å². The number of Topliss-reactive ketones (excluding diaryl/α,β-unsaturated/α-hetero) is 1. The maximum atomic E-state index is 14.5. The van der Waals surface area contributed by atoms with Gasteiger partial charge in [0, 0.05) is 46.7 Å². The van der Waals surface area contributed by atoms with E-state index in [2.05, 4.69) is 115 Å². The molecule has 0 radical (unpaired) electrons. The summed E-state index contributed by atoms with van der Waals surface area (Å²) in [4.78, 5) is 33.5. The molecule has 1 aliphatic rings. The molecule has 342 valence electrons. The number of rotatable bonds is 13. The zero-order valence-electron chi connectivity index (χ0n) is 40.0. The molecule has 2 heterocycles. The molecule has 0 aliphatic carbocycles. The van der Waals surface area contributed by atoms with Crippen LogP contribution in [0.25, 0.3) is 0 Å². The molecule has 4 rings (SSSR count). The van der Waals surface area contributed by atoms with Crippen molar-refractivity contribution >= 4 is 38.8 Å². The van der Waals surface area contributed by atoms with Crippen LogP contribution in [0.3, 0.4) is 0 Å². The topological polar surface area (TPSA) is 116 Å². The zero-order chi connectivity index (χ0) is 45.9. The third-order valence-corrected chi connectivity index (χ3v) is 22.6. The number of cyclic esters (lactones) is 1. The Morgan fingerprint density at radius 3 is 2.02 bits per heavy atom. The van der Waals surface area contributed by atoms with Gasteiger partial charge in [0.1, 0.15) is 24.2 Å². The summed E-state index contributed by atoms with van der Waals surface area (Å²) in [7, 11) is -0.262. The Kier molecular flexibility index (Phi) is 18.1. The largest absolute Gasteiger partial charge is 0.461 e. The van der Waals surface area contributed by atoms with Crippen LogP contribution in [-0.4, -0.2) is 85.7 Å². The third-order valence-electron chi connectivity index (χ3n) is 13.0. The SMILES string of the molecule is CO[C@H]1C/C=C/C=C/[C@H](OC)C[C@H](O[Si](C)(C)C(C)(C)C)CC(=O)O[C@@H](C[C@H](OC)[C@@H](C)CO[Si](c2ccccc2)(c2ccccc2)C(C)(C)C)C(C)(C)C(=O)Cc2nc1co2. The Hall–Kier alpha value is -3.50. The lowest BCUT2D eigenvalue weighted by atomic mass is 9.77. The number of ketones is 1. The number of carbonyl (C=O) groups excluding carboxylic acids is 2. The van der Waals surface area contributed by atoms with E-state index in [-0.39, 0.29) is 59.1 Å². The first-order chi connectivity index (χ1) is 29.1. The van der Waals surface area contributed by atoms with E-state index in [0.29, 0.717) is 25.1 Å². The van der Waals surface area contributed by atoms with E-state index in [0.717, 1.165) is 0 Å². The molecule has 3 aromatic rings. The van der Waals surface area contributed by atoms with E-state index in [1.165, 1.54) is 10.4 Å². The fourth-order valence-corrected chi connectivity index (χ4v) is 14.0. The van der Waals surface area contributed by atoms with E-state index in [1.54, 1.807) is 27.6 Å². The molecule has 0 fully saturated rings. The second kappa shape index (κ2) is 21.9. The van der Waals surface area contributed by atoms with Crippen LogP contribution < -0.4 is 10.4 Å². The quantitative estimate of drug-likeness (QED) is 0.121. The number of aromatic nitrogens is 1. The van der Waals surface area contributed by atoms with Crippen LogP contribution in [0.4, 0.5) is 0 Å². The summed E-state index contributed by atoms with van der Waals surface area (Å²) >= 11 is 0. The number of hydrogen-bond acceptors (Lipinski definition) is 10. The van der Waals surface area contributed by atoms with Crippen molar-refractivity contribution in [3.63, 3.8) is 0 Å². The maximum Gasteiger partial charge on any atom is 0.308 e. The second-order valence-electron chi connectivity index (χ2n) is 19.9. The number of ether oxygens (including phenoxy) is 4. The summed E-state index contributed by atoms with van der Waals surface area (Å²) in [6.45, 7) is 23.8. The van der Waals surface area contributed by atoms with E-state index in [1.807, 2.05) is 50.3 Å². The van der Waals surface area contributed by atoms with Crippen LogP contribution in [0.2, 0.25) is 23.2 Å². The van der Waals surface area contributed by atoms with Crippen LogP contribution >= 0.6 is 0 Å². The van der Waals surface area contributed by atoms with Gasteiger partial charge in [-0.05, 0) is 53.8 Å². The van der Waals surface area contributed by atoms with E-state index < -0.39 is 46.3 Å². The average Bonchev–Trinajstić information content (AvgIpc) is 3.67. The van der Waals surface area contributed by atoms with Gasteiger partial charge >= 0.3 is 5.97 Å². The normalized spacial score (nSPS) is 23.3. The van der Waals surface area contributed by atoms with Gasteiger partial charge in [0.05, 0.1) is 36.6 Å². The van der Waals surface area contributed by atoms with Gasteiger partial charge < -0.3 is 32.2 Å². The lowest BCUT2D eigenvalue weighted by Gasteiger charge is -2.44. The molecule has 2 bridgehead atoms. The first kappa shape index (κ1) is 51.1. The smallest absolute Gasteiger partial charge is 0.308 e. The number of hydrogen-bond donors (Lipinski definition) is 0. The van der Waals surface area contributed by atoms with Crippen molar-refractivity contribution in [2.45, 2.75) is 148 Å². The Bertz CT molecular complexity index is 1870. The van der Waals surface area contributed by atoms with Crippen molar-refractivity contribution in [2.75, 3.05) is 27.9 Å². The van der Waals surface area contributed by atoms with Gasteiger partial charge in [0.15, 0.2) is 14.1 Å². The number of carbonyl (C=O) groups is 2. The van der Waals surface area contributed by atoms with Gasteiger partial charge in [-0.1, -0.05) is 133 Å². The highest BCUT2D eigenvalue weighted by Gasteiger charge is 2.51. The van der Waals surface area contributed by atoms with Crippen molar-refractivity contribution in [1.82, 2.24) is 4.98 Å². The molecule has 0 N–H and O–H groups in total. The summed E-state index contributed by atoms with van der Waals surface area (Å²) in [5.74, 6) is -0.517. The molecule has 1 aromatic heterocycles. The molecule has 0 saturated carbocycles. The van der Waals surface area contributed by atoms with Crippen LogP contribution in [-0.2, 0) is 43.8 Å². The number of fused-ring (bicyclic) bond motifs is 2. The minimum Gasteiger partial charge on any atom is -0.461 e. The minimum atomic E-state index is -2.87. The molecule has 62 heavy (non-hydrogen) atoms. The number of benzene rings is 2. The lowest BCUT2D eigenvalue weighted by molar-refractivity contribution is -0.164. The Labute approximate surface area is 374 Å². The van der Waals surface area contributed by atoms with E-state index >= 15 is 0 Å². The maximum absolute atomic E-state index is 14.5. The predicted octanol–water partition coefficient (Wildman–Crippen LogP) is 9.73. The van der Waals surface area contributed by atoms with Crippen LogP contribution in [0.15, 0.2) is 95.6 Å². The highest BCUT2D eigenvalue weighted by Crippen LogP contribution is 2.40. The molecule has 12 heteroatoms. The summed E-state index contributed by atoms with van der Waals surface area (Å²) in [6.07, 6.45) is 8.00. The molecule has 0 unspecified atom stereocenters. The van der Waals surface area contributed by atoms with E-state index in [4.69, 9.17) is 32.2 Å². The third kappa shape index (κ3) is 12.8. The molecular formula is C50H75NO9Si2. The second-order valence-corrected chi connectivity index (χ2v) is 29.0. The average molecular weight is 890 g/mol. The summed E-state index contributed by atoms with van der Waals surface area (Å²) < 4.78 is 44.6. The zero-order valence-corrected chi connectivity index (χ0v) is 42.0. The van der Waals surface area contributed by atoms with Gasteiger partial charge in [-0.2, -0.15) is 0 Å². The number of nitrogens with zero attached hydrogens (tertiary/aromatic N) is 1. The molecule has 10 nitrogen and oxygen atoms in total. The van der Waals surface area contributed by atoms with Gasteiger partial charge in [-0.15, -0.1) is 0 Å². The molecule has 1 aliphatic heterocycles. The van der Waals surface area contributed by atoms with Gasteiger partial charge in [0.2, 0.25) is 5.89 Å².